The first-order chi connectivity index (χ1) is 19.0. The average molecular weight is 631 g/mol. The van der Waals surface area contributed by atoms with Crippen LogP contribution >= 0.6 is 15.9 Å². The number of hydrogen-bond acceptors (Lipinski definition) is 5. The van der Waals surface area contributed by atoms with Gasteiger partial charge in [0.1, 0.15) is 18.3 Å². The molecule has 0 radical (unpaired) electrons. The fourth-order valence-electron chi connectivity index (χ4n) is 4.24. The second-order valence-electron chi connectivity index (χ2n) is 9.76. The third-order valence-corrected chi connectivity index (χ3v) is 8.62. The molecule has 0 saturated heterocycles. The highest BCUT2D eigenvalue weighted by atomic mass is 79.9. The lowest BCUT2D eigenvalue weighted by Gasteiger charge is -2.33. The van der Waals surface area contributed by atoms with E-state index < -0.39 is 28.5 Å². The highest BCUT2D eigenvalue weighted by Crippen LogP contribution is 2.27. The Morgan fingerprint density at radius 1 is 1.00 bits per heavy atom. The van der Waals surface area contributed by atoms with Gasteiger partial charge in [-0.15, -0.1) is 0 Å². The average Bonchev–Trinajstić information content (AvgIpc) is 2.92. The Kier molecular flexibility index (Phi) is 10.8. The molecule has 214 valence electrons. The molecule has 0 aliphatic rings. The smallest absolute Gasteiger partial charge is 0.264 e. The summed E-state index contributed by atoms with van der Waals surface area (Å²) in [6.45, 7) is 7.00. The maximum absolute atomic E-state index is 14.1. The zero-order valence-electron chi connectivity index (χ0n) is 23.4. The summed E-state index contributed by atoms with van der Waals surface area (Å²) in [5, 5.41) is 2.90. The topological polar surface area (TPSA) is 96.0 Å². The Hall–Kier alpha value is -3.37. The van der Waals surface area contributed by atoms with Gasteiger partial charge in [0.05, 0.1) is 17.7 Å². The molecule has 40 heavy (non-hydrogen) atoms. The zero-order valence-corrected chi connectivity index (χ0v) is 25.8. The molecule has 0 bridgehead atoms. The molecule has 3 aromatic rings. The number of rotatable bonds is 12. The van der Waals surface area contributed by atoms with Gasteiger partial charge in [0.15, 0.2) is 0 Å². The van der Waals surface area contributed by atoms with Crippen LogP contribution in [0.2, 0.25) is 0 Å². The SMILES string of the molecule is CC[C@H](C(=O)NC(C)C)N(Cc1cccc(OC)c1)C(=O)CN(c1ccc(Br)cc1)S(=O)(=O)c1ccc(C)cc1. The Bertz CT molecular complexity index is 1410. The lowest BCUT2D eigenvalue weighted by atomic mass is 10.1. The summed E-state index contributed by atoms with van der Waals surface area (Å²) < 4.78 is 35.0. The van der Waals surface area contributed by atoms with Gasteiger partial charge in [0, 0.05) is 17.1 Å². The predicted octanol–water partition coefficient (Wildman–Crippen LogP) is 5.29. The van der Waals surface area contributed by atoms with Crippen molar-refractivity contribution in [2.24, 2.45) is 0 Å². The van der Waals surface area contributed by atoms with Gasteiger partial charge in [-0.25, -0.2) is 8.42 Å². The number of hydrogen-bond donors (Lipinski definition) is 1. The van der Waals surface area contributed by atoms with Crippen LogP contribution in [0.3, 0.4) is 0 Å². The van der Waals surface area contributed by atoms with E-state index in [9.17, 15) is 18.0 Å². The van der Waals surface area contributed by atoms with Crippen molar-refractivity contribution in [1.29, 1.82) is 0 Å². The highest BCUT2D eigenvalue weighted by molar-refractivity contribution is 9.10. The van der Waals surface area contributed by atoms with Crippen molar-refractivity contribution in [1.82, 2.24) is 10.2 Å². The minimum atomic E-state index is -4.12. The first kappa shape index (κ1) is 31.2. The molecule has 0 aliphatic heterocycles. The molecule has 10 heteroatoms. The van der Waals surface area contributed by atoms with E-state index >= 15 is 0 Å². The van der Waals surface area contributed by atoms with Crippen LogP contribution in [0.5, 0.6) is 5.75 Å². The molecule has 3 aromatic carbocycles. The summed E-state index contributed by atoms with van der Waals surface area (Å²) in [5.41, 5.74) is 2.00. The number of nitrogens with zero attached hydrogens (tertiary/aromatic N) is 2. The summed E-state index contributed by atoms with van der Waals surface area (Å²) in [6.07, 6.45) is 0.345. The minimum Gasteiger partial charge on any atom is -0.497 e. The van der Waals surface area contributed by atoms with Gasteiger partial charge in [-0.3, -0.25) is 13.9 Å². The maximum atomic E-state index is 14.1. The number of amides is 2. The standard InChI is InChI=1S/C30H36BrN3O5S/c1-6-28(30(36)32-21(2)3)33(19-23-8-7-9-26(18-23)39-5)29(35)20-34(25-14-12-24(31)13-15-25)40(37,38)27-16-10-22(4)11-17-27/h7-18,21,28H,6,19-20H2,1-5H3,(H,32,36)/t28-/m1/s1. The van der Waals surface area contributed by atoms with Gasteiger partial charge in [-0.2, -0.15) is 0 Å². The predicted molar refractivity (Wildman–Crippen MR) is 161 cm³/mol. The Morgan fingerprint density at radius 3 is 2.23 bits per heavy atom. The highest BCUT2D eigenvalue weighted by Gasteiger charge is 2.33. The fraction of sp³-hybridized carbons (Fsp3) is 0.333. The van der Waals surface area contributed by atoms with E-state index in [0.29, 0.717) is 17.9 Å². The molecule has 2 amide bonds. The molecule has 0 unspecified atom stereocenters. The number of aryl methyl sites for hydroxylation is 1. The molecule has 8 nitrogen and oxygen atoms in total. The third-order valence-electron chi connectivity index (χ3n) is 6.31. The largest absolute Gasteiger partial charge is 0.497 e. The van der Waals surface area contributed by atoms with Crippen LogP contribution in [0.1, 0.15) is 38.3 Å². The molecular weight excluding hydrogens is 594 g/mol. The molecule has 0 aliphatic carbocycles. The Morgan fingerprint density at radius 2 is 1.65 bits per heavy atom. The Labute approximate surface area is 245 Å². The molecule has 0 aromatic heterocycles. The number of nitrogens with one attached hydrogen (secondary N) is 1. The summed E-state index contributed by atoms with van der Waals surface area (Å²) in [5.74, 6) is -0.194. The van der Waals surface area contributed by atoms with Crippen LogP contribution in [-0.2, 0) is 26.2 Å². The second-order valence-corrected chi connectivity index (χ2v) is 12.5. The summed E-state index contributed by atoms with van der Waals surface area (Å²) in [7, 11) is -2.56. The van der Waals surface area contributed by atoms with E-state index in [0.717, 1.165) is 19.9 Å². The van der Waals surface area contributed by atoms with Crippen molar-refractivity contribution in [3.63, 3.8) is 0 Å². The molecule has 1 N–H and O–H groups in total. The molecule has 0 spiro atoms. The molecular formula is C30H36BrN3O5S. The number of anilines is 1. The first-order valence-corrected chi connectivity index (χ1v) is 15.3. The van der Waals surface area contributed by atoms with E-state index in [1.807, 2.05) is 39.8 Å². The van der Waals surface area contributed by atoms with Crippen molar-refractivity contribution in [3.05, 3.63) is 88.4 Å². The zero-order chi connectivity index (χ0) is 29.4. The van der Waals surface area contributed by atoms with Crippen LogP contribution in [0.15, 0.2) is 82.2 Å². The van der Waals surface area contributed by atoms with Crippen molar-refractivity contribution in [2.75, 3.05) is 18.0 Å². The number of methoxy groups -OCH3 is 1. The number of halogens is 1. The third kappa shape index (κ3) is 7.85. The van der Waals surface area contributed by atoms with Gasteiger partial charge in [-0.05, 0) is 81.3 Å². The fourth-order valence-corrected chi connectivity index (χ4v) is 5.92. The van der Waals surface area contributed by atoms with Gasteiger partial charge in [0.25, 0.3) is 10.0 Å². The minimum absolute atomic E-state index is 0.0674. The van der Waals surface area contributed by atoms with Gasteiger partial charge in [0.2, 0.25) is 11.8 Å². The summed E-state index contributed by atoms with van der Waals surface area (Å²) >= 11 is 3.39. The van der Waals surface area contributed by atoms with Crippen LogP contribution < -0.4 is 14.4 Å². The van der Waals surface area contributed by atoms with Crippen molar-refractivity contribution < 1.29 is 22.7 Å². The van der Waals surface area contributed by atoms with Crippen molar-refractivity contribution in [3.8, 4) is 5.75 Å². The van der Waals surface area contributed by atoms with Gasteiger partial charge in [-0.1, -0.05) is 52.7 Å². The van der Waals surface area contributed by atoms with E-state index in [4.69, 9.17) is 4.74 Å². The van der Waals surface area contributed by atoms with E-state index in [1.165, 1.54) is 17.0 Å². The number of benzene rings is 3. The lowest BCUT2D eigenvalue weighted by Crippen LogP contribution is -2.53. The van der Waals surface area contributed by atoms with Crippen LogP contribution in [0.25, 0.3) is 0 Å². The number of carbonyl (C=O) groups is 2. The monoisotopic (exact) mass is 629 g/mol. The number of sulfonamides is 1. The van der Waals surface area contributed by atoms with E-state index in [1.54, 1.807) is 55.6 Å². The number of carbonyl (C=O) groups excluding carboxylic acids is 2. The van der Waals surface area contributed by atoms with Crippen molar-refractivity contribution >= 4 is 43.5 Å². The van der Waals surface area contributed by atoms with Gasteiger partial charge >= 0.3 is 0 Å². The van der Waals surface area contributed by atoms with Gasteiger partial charge < -0.3 is 15.0 Å². The first-order valence-electron chi connectivity index (χ1n) is 13.0. The Balaban J connectivity index is 2.06. The quantitative estimate of drug-likeness (QED) is 0.294. The number of ether oxygens (including phenoxy) is 1. The molecule has 0 fully saturated rings. The molecule has 1 atom stereocenters. The molecule has 0 heterocycles. The van der Waals surface area contributed by atoms with Crippen LogP contribution in [0, 0.1) is 6.92 Å². The second kappa shape index (κ2) is 13.8. The van der Waals surface area contributed by atoms with Crippen molar-refractivity contribution in [2.45, 2.75) is 57.6 Å². The summed E-state index contributed by atoms with van der Waals surface area (Å²) in [6, 6.07) is 19.5. The van der Waals surface area contributed by atoms with E-state index in [-0.39, 0.29) is 23.4 Å². The normalized spacial score (nSPS) is 12.1. The molecule has 0 saturated carbocycles. The summed E-state index contributed by atoms with van der Waals surface area (Å²) in [4.78, 5) is 28.8. The lowest BCUT2D eigenvalue weighted by molar-refractivity contribution is -0.140. The van der Waals surface area contributed by atoms with E-state index in [2.05, 4.69) is 21.2 Å². The maximum Gasteiger partial charge on any atom is 0.264 e. The van der Waals surface area contributed by atoms with Crippen LogP contribution in [-0.4, -0.2) is 50.9 Å². The molecule has 3 rings (SSSR count). The van der Waals surface area contributed by atoms with Crippen LogP contribution in [0.4, 0.5) is 5.69 Å².